The lowest BCUT2D eigenvalue weighted by atomic mass is 10.0. The molecule has 0 atom stereocenters. The molecule has 0 aliphatic carbocycles. The Bertz CT molecular complexity index is 1170. The van der Waals surface area contributed by atoms with E-state index in [2.05, 4.69) is 5.32 Å². The molecule has 1 N–H and O–H groups in total. The first kappa shape index (κ1) is 17.4. The number of nitrogens with one attached hydrogen (secondary N) is 1. The van der Waals surface area contributed by atoms with Gasteiger partial charge in [0.15, 0.2) is 5.58 Å². The lowest BCUT2D eigenvalue weighted by Crippen LogP contribution is -2.07. The number of ether oxygens (including phenoxy) is 1. The molecule has 4 rings (SSSR count). The van der Waals surface area contributed by atoms with Gasteiger partial charge < -0.3 is 18.9 Å². The zero-order valence-electron chi connectivity index (χ0n) is 15.6. The molecule has 0 saturated heterocycles. The summed E-state index contributed by atoms with van der Waals surface area (Å²) in [6, 6.07) is 13.8. The summed E-state index contributed by atoms with van der Waals surface area (Å²) in [5.41, 5.74) is 4.37. The predicted octanol–water partition coefficient (Wildman–Crippen LogP) is 4.88. The molecule has 2 aromatic heterocycles. The third kappa shape index (κ3) is 3.00. The molecule has 0 aliphatic heterocycles. The van der Waals surface area contributed by atoms with Crippen molar-refractivity contribution in [3.63, 3.8) is 0 Å². The lowest BCUT2D eigenvalue weighted by Gasteiger charge is -2.06. The SMILES string of the molecule is COCCNc1oc2c(c1-c1ccc(C)cc1)c(=O)oc1c(C)cccc12. The number of anilines is 1. The van der Waals surface area contributed by atoms with Gasteiger partial charge in [-0.15, -0.1) is 0 Å². The van der Waals surface area contributed by atoms with Crippen molar-refractivity contribution in [3.8, 4) is 11.1 Å². The molecule has 0 amide bonds. The number of furan rings is 1. The van der Waals surface area contributed by atoms with E-state index in [0.29, 0.717) is 35.6 Å². The van der Waals surface area contributed by atoms with E-state index in [9.17, 15) is 4.79 Å². The van der Waals surface area contributed by atoms with E-state index in [4.69, 9.17) is 13.6 Å². The van der Waals surface area contributed by atoms with Crippen LogP contribution in [0.2, 0.25) is 0 Å². The summed E-state index contributed by atoms with van der Waals surface area (Å²) in [6.45, 7) is 5.04. The number of hydrogen-bond acceptors (Lipinski definition) is 5. The highest BCUT2D eigenvalue weighted by molar-refractivity contribution is 6.10. The van der Waals surface area contributed by atoms with Crippen LogP contribution in [-0.4, -0.2) is 20.3 Å². The van der Waals surface area contributed by atoms with E-state index in [-0.39, 0.29) is 0 Å². The molecule has 0 aliphatic rings. The van der Waals surface area contributed by atoms with Crippen LogP contribution in [0, 0.1) is 13.8 Å². The third-order valence-corrected chi connectivity index (χ3v) is 4.70. The van der Waals surface area contributed by atoms with E-state index in [1.807, 2.05) is 56.3 Å². The monoisotopic (exact) mass is 363 g/mol. The minimum Gasteiger partial charge on any atom is -0.439 e. The Labute approximate surface area is 156 Å². The number of benzene rings is 2. The maximum absolute atomic E-state index is 12.9. The van der Waals surface area contributed by atoms with Crippen LogP contribution in [0.25, 0.3) is 33.1 Å². The second kappa shape index (κ2) is 6.93. The van der Waals surface area contributed by atoms with Crippen molar-refractivity contribution in [3.05, 3.63) is 64.0 Å². The van der Waals surface area contributed by atoms with Gasteiger partial charge >= 0.3 is 5.63 Å². The molecule has 5 heteroatoms. The number of hydrogen-bond donors (Lipinski definition) is 1. The van der Waals surface area contributed by atoms with Crippen molar-refractivity contribution < 1.29 is 13.6 Å². The fourth-order valence-electron chi connectivity index (χ4n) is 3.31. The second-order valence-corrected chi connectivity index (χ2v) is 6.64. The van der Waals surface area contributed by atoms with Crippen LogP contribution < -0.4 is 10.9 Å². The van der Waals surface area contributed by atoms with Crippen molar-refractivity contribution in [2.45, 2.75) is 13.8 Å². The van der Waals surface area contributed by atoms with E-state index in [0.717, 1.165) is 27.6 Å². The van der Waals surface area contributed by atoms with E-state index < -0.39 is 5.63 Å². The maximum Gasteiger partial charge on any atom is 0.348 e. The smallest absolute Gasteiger partial charge is 0.348 e. The average Bonchev–Trinajstić information content (AvgIpc) is 3.04. The van der Waals surface area contributed by atoms with Crippen molar-refractivity contribution in [1.82, 2.24) is 0 Å². The molecule has 0 spiro atoms. The van der Waals surface area contributed by atoms with Gasteiger partial charge in [0.1, 0.15) is 11.0 Å². The first-order valence-corrected chi connectivity index (χ1v) is 8.89. The summed E-state index contributed by atoms with van der Waals surface area (Å²) in [5.74, 6) is 0.548. The Balaban J connectivity index is 2.04. The molecule has 5 nitrogen and oxygen atoms in total. The van der Waals surface area contributed by atoms with Crippen LogP contribution in [0.15, 0.2) is 56.1 Å². The van der Waals surface area contributed by atoms with Crippen LogP contribution in [0.5, 0.6) is 0 Å². The van der Waals surface area contributed by atoms with Gasteiger partial charge in [0.2, 0.25) is 5.88 Å². The van der Waals surface area contributed by atoms with Gasteiger partial charge in [0, 0.05) is 13.7 Å². The van der Waals surface area contributed by atoms with Crippen molar-refractivity contribution in [2.75, 3.05) is 25.6 Å². The average molecular weight is 363 g/mol. The molecule has 0 fully saturated rings. The quantitative estimate of drug-likeness (QED) is 0.404. The molecule has 0 saturated carbocycles. The Morgan fingerprint density at radius 3 is 2.52 bits per heavy atom. The standard InChI is InChI=1S/C22H21NO4/c1-13-7-9-15(10-8-13)17-18-20(26-21(17)23-11-12-25-3)16-6-4-5-14(2)19(16)27-22(18)24/h4-10,23H,11-12H2,1-3H3. The summed E-state index contributed by atoms with van der Waals surface area (Å²) in [4.78, 5) is 12.9. The minimum atomic E-state index is -0.397. The molecule has 0 unspecified atom stereocenters. The highest BCUT2D eigenvalue weighted by Crippen LogP contribution is 2.40. The molecular weight excluding hydrogens is 342 g/mol. The third-order valence-electron chi connectivity index (χ3n) is 4.70. The Morgan fingerprint density at radius 2 is 1.78 bits per heavy atom. The van der Waals surface area contributed by atoms with Gasteiger partial charge in [-0.3, -0.25) is 0 Å². The summed E-state index contributed by atoms with van der Waals surface area (Å²) in [5, 5.41) is 4.50. The van der Waals surface area contributed by atoms with Crippen molar-refractivity contribution in [2.24, 2.45) is 0 Å². The fraction of sp³-hybridized carbons (Fsp3) is 0.227. The molecule has 0 radical (unpaired) electrons. The first-order chi connectivity index (χ1) is 13.1. The highest BCUT2D eigenvalue weighted by Gasteiger charge is 2.22. The van der Waals surface area contributed by atoms with E-state index in [1.54, 1.807) is 7.11 Å². The number of rotatable bonds is 5. The number of methoxy groups -OCH3 is 1. The summed E-state index contributed by atoms with van der Waals surface area (Å²) >= 11 is 0. The minimum absolute atomic E-state index is 0.397. The normalized spacial score (nSPS) is 11.4. The molecule has 2 aromatic carbocycles. The summed E-state index contributed by atoms with van der Waals surface area (Å²) < 4.78 is 16.9. The van der Waals surface area contributed by atoms with Crippen molar-refractivity contribution >= 4 is 27.8 Å². The zero-order chi connectivity index (χ0) is 19.0. The van der Waals surface area contributed by atoms with Crippen LogP contribution in [-0.2, 0) is 4.74 Å². The topological polar surface area (TPSA) is 64.6 Å². The Morgan fingerprint density at radius 1 is 1.00 bits per heavy atom. The molecular formula is C22H21NO4. The summed E-state index contributed by atoms with van der Waals surface area (Å²) in [6.07, 6.45) is 0. The largest absolute Gasteiger partial charge is 0.439 e. The van der Waals surface area contributed by atoms with Gasteiger partial charge in [-0.2, -0.15) is 0 Å². The van der Waals surface area contributed by atoms with Crippen LogP contribution >= 0.6 is 0 Å². The maximum atomic E-state index is 12.9. The number of aryl methyl sites for hydroxylation is 2. The lowest BCUT2D eigenvalue weighted by molar-refractivity contribution is 0.210. The predicted molar refractivity (Wildman–Crippen MR) is 108 cm³/mol. The van der Waals surface area contributed by atoms with Crippen LogP contribution in [0.4, 0.5) is 5.88 Å². The molecule has 2 heterocycles. The second-order valence-electron chi connectivity index (χ2n) is 6.64. The highest BCUT2D eigenvalue weighted by atomic mass is 16.5. The van der Waals surface area contributed by atoms with Crippen LogP contribution in [0.1, 0.15) is 11.1 Å². The Hall–Kier alpha value is -3.05. The number of fused-ring (bicyclic) bond motifs is 3. The molecule has 27 heavy (non-hydrogen) atoms. The van der Waals surface area contributed by atoms with Gasteiger partial charge in [-0.1, -0.05) is 42.0 Å². The van der Waals surface area contributed by atoms with Gasteiger partial charge in [-0.25, -0.2) is 4.79 Å². The molecule has 0 bridgehead atoms. The first-order valence-electron chi connectivity index (χ1n) is 8.89. The van der Waals surface area contributed by atoms with E-state index in [1.165, 1.54) is 0 Å². The van der Waals surface area contributed by atoms with Crippen molar-refractivity contribution in [1.29, 1.82) is 0 Å². The fourth-order valence-corrected chi connectivity index (χ4v) is 3.31. The number of para-hydroxylation sites is 1. The zero-order valence-corrected chi connectivity index (χ0v) is 15.6. The van der Waals surface area contributed by atoms with E-state index >= 15 is 0 Å². The van der Waals surface area contributed by atoms with Crippen LogP contribution in [0.3, 0.4) is 0 Å². The van der Waals surface area contributed by atoms with Gasteiger partial charge in [-0.05, 0) is 31.0 Å². The van der Waals surface area contributed by atoms with Gasteiger partial charge in [0.05, 0.1) is 17.6 Å². The van der Waals surface area contributed by atoms with Gasteiger partial charge in [0.25, 0.3) is 0 Å². The molecule has 138 valence electrons. The Kier molecular flexibility index (Phi) is 4.46. The molecule has 4 aromatic rings. The summed E-state index contributed by atoms with van der Waals surface area (Å²) in [7, 11) is 1.64.